The molecule has 3 rings (SSSR count). The Bertz CT molecular complexity index is 1340. The van der Waals surface area contributed by atoms with E-state index in [-0.39, 0.29) is 29.1 Å². The molecule has 0 radical (unpaired) electrons. The minimum Gasteiger partial charge on any atom is -0.497 e. The zero-order chi connectivity index (χ0) is 28.6. The first-order valence-electron chi connectivity index (χ1n) is 12.5. The number of hydrogen-bond donors (Lipinski definition) is 1. The molecule has 2 amide bonds. The Kier molecular flexibility index (Phi) is 9.95. The van der Waals surface area contributed by atoms with Gasteiger partial charge in [0.1, 0.15) is 24.1 Å². The van der Waals surface area contributed by atoms with Crippen LogP contribution < -0.4 is 19.1 Å². The fourth-order valence-corrected chi connectivity index (χ4v) is 5.35. The van der Waals surface area contributed by atoms with Crippen LogP contribution in [0, 0.1) is 0 Å². The number of ether oxygens (including phenoxy) is 2. The van der Waals surface area contributed by atoms with E-state index in [2.05, 4.69) is 5.32 Å². The Morgan fingerprint density at radius 1 is 0.821 bits per heavy atom. The van der Waals surface area contributed by atoms with Gasteiger partial charge in [-0.1, -0.05) is 30.3 Å². The van der Waals surface area contributed by atoms with Crippen molar-refractivity contribution in [3.05, 3.63) is 84.4 Å². The lowest BCUT2D eigenvalue weighted by molar-refractivity contribution is -0.139. The van der Waals surface area contributed by atoms with E-state index in [0.717, 1.165) is 9.87 Å². The number of methoxy groups -OCH3 is 2. The summed E-state index contributed by atoms with van der Waals surface area (Å²) in [5.74, 6) is 0.324. The smallest absolute Gasteiger partial charge is 0.264 e. The normalized spacial score (nSPS) is 11.9. The first-order valence-corrected chi connectivity index (χ1v) is 14.0. The number of sulfonamides is 1. The van der Waals surface area contributed by atoms with E-state index in [4.69, 9.17) is 9.47 Å². The van der Waals surface area contributed by atoms with Gasteiger partial charge >= 0.3 is 0 Å². The van der Waals surface area contributed by atoms with Crippen molar-refractivity contribution in [1.82, 2.24) is 10.2 Å². The number of nitrogens with one attached hydrogen (secondary N) is 1. The van der Waals surface area contributed by atoms with Gasteiger partial charge in [0, 0.05) is 12.6 Å². The van der Waals surface area contributed by atoms with Gasteiger partial charge in [0.05, 0.1) is 24.8 Å². The molecule has 0 saturated carbocycles. The second-order valence-electron chi connectivity index (χ2n) is 9.23. The Balaban J connectivity index is 2.01. The van der Waals surface area contributed by atoms with Crippen molar-refractivity contribution < 1.29 is 27.5 Å². The van der Waals surface area contributed by atoms with Crippen molar-refractivity contribution in [3.8, 4) is 11.5 Å². The number of carbonyl (C=O) groups is 2. The summed E-state index contributed by atoms with van der Waals surface area (Å²) in [5.41, 5.74) is 1.05. The second kappa shape index (κ2) is 13.1. The standard InChI is InChI=1S/C29H35N3O6S/c1-21(2)30-29(34)22(3)31(19-23-11-15-25(37-4)16-12-23)28(33)20-32(24-13-17-26(38-5)18-14-24)39(35,36)27-9-7-6-8-10-27/h6-18,21-22H,19-20H2,1-5H3,(H,30,34). The molecule has 0 aliphatic carbocycles. The van der Waals surface area contributed by atoms with Crippen molar-refractivity contribution in [1.29, 1.82) is 0 Å². The molecule has 0 spiro atoms. The predicted octanol–water partition coefficient (Wildman–Crippen LogP) is 3.84. The highest BCUT2D eigenvalue weighted by atomic mass is 32.2. The van der Waals surface area contributed by atoms with Crippen molar-refractivity contribution in [2.45, 2.75) is 44.3 Å². The predicted molar refractivity (Wildman–Crippen MR) is 150 cm³/mol. The number of nitrogens with zero attached hydrogens (tertiary/aromatic N) is 2. The lowest BCUT2D eigenvalue weighted by Crippen LogP contribution is -2.52. The second-order valence-corrected chi connectivity index (χ2v) is 11.1. The fourth-order valence-electron chi connectivity index (χ4n) is 3.91. The largest absolute Gasteiger partial charge is 0.497 e. The van der Waals surface area contributed by atoms with Gasteiger partial charge < -0.3 is 19.7 Å². The number of amides is 2. The summed E-state index contributed by atoms with van der Waals surface area (Å²) < 4.78 is 39.0. The van der Waals surface area contributed by atoms with E-state index in [1.165, 1.54) is 24.1 Å². The van der Waals surface area contributed by atoms with Crippen LogP contribution in [0.1, 0.15) is 26.3 Å². The number of hydrogen-bond acceptors (Lipinski definition) is 6. The van der Waals surface area contributed by atoms with E-state index >= 15 is 0 Å². The van der Waals surface area contributed by atoms with Gasteiger partial charge in [-0.3, -0.25) is 13.9 Å². The zero-order valence-electron chi connectivity index (χ0n) is 22.8. The topological polar surface area (TPSA) is 105 Å². The number of anilines is 1. The van der Waals surface area contributed by atoms with Gasteiger partial charge in [-0.15, -0.1) is 0 Å². The van der Waals surface area contributed by atoms with E-state index in [1.807, 2.05) is 13.8 Å². The number of carbonyl (C=O) groups excluding carboxylic acids is 2. The first kappa shape index (κ1) is 29.5. The Hall–Kier alpha value is -4.05. The Morgan fingerprint density at radius 3 is 1.87 bits per heavy atom. The lowest BCUT2D eigenvalue weighted by Gasteiger charge is -2.32. The van der Waals surface area contributed by atoms with Crippen LogP contribution in [0.15, 0.2) is 83.8 Å². The molecule has 0 bridgehead atoms. The molecule has 1 atom stereocenters. The minimum atomic E-state index is -4.12. The van der Waals surface area contributed by atoms with E-state index in [9.17, 15) is 18.0 Å². The molecule has 0 aromatic heterocycles. The van der Waals surface area contributed by atoms with Crippen LogP contribution in [0.4, 0.5) is 5.69 Å². The van der Waals surface area contributed by atoms with Crippen molar-refractivity contribution in [2.75, 3.05) is 25.1 Å². The van der Waals surface area contributed by atoms with Gasteiger partial charge in [0.15, 0.2) is 0 Å². The maximum Gasteiger partial charge on any atom is 0.264 e. The SMILES string of the molecule is COc1ccc(CN(C(=O)CN(c2ccc(OC)cc2)S(=O)(=O)c2ccccc2)C(C)C(=O)NC(C)C)cc1. The summed E-state index contributed by atoms with van der Waals surface area (Å²) in [6.45, 7) is 4.87. The third-order valence-electron chi connectivity index (χ3n) is 6.08. The van der Waals surface area contributed by atoms with E-state index < -0.39 is 28.5 Å². The van der Waals surface area contributed by atoms with Gasteiger partial charge in [0.2, 0.25) is 11.8 Å². The summed E-state index contributed by atoms with van der Waals surface area (Å²) in [6.07, 6.45) is 0. The van der Waals surface area contributed by atoms with Crippen LogP contribution in [0.3, 0.4) is 0 Å². The van der Waals surface area contributed by atoms with Crippen molar-refractivity contribution in [2.24, 2.45) is 0 Å². The molecular formula is C29H35N3O6S. The summed E-state index contributed by atoms with van der Waals surface area (Å²) in [5, 5.41) is 2.84. The average Bonchev–Trinajstić information content (AvgIpc) is 2.94. The molecule has 0 aliphatic heterocycles. The molecule has 39 heavy (non-hydrogen) atoms. The minimum absolute atomic E-state index is 0.0425. The monoisotopic (exact) mass is 553 g/mol. The Labute approximate surface area is 230 Å². The Morgan fingerprint density at radius 2 is 1.36 bits per heavy atom. The van der Waals surface area contributed by atoms with Crippen LogP contribution in [-0.2, 0) is 26.2 Å². The fraction of sp³-hybridized carbons (Fsp3) is 0.310. The third-order valence-corrected chi connectivity index (χ3v) is 7.87. The zero-order valence-corrected chi connectivity index (χ0v) is 23.6. The number of rotatable bonds is 12. The summed E-state index contributed by atoms with van der Waals surface area (Å²) >= 11 is 0. The van der Waals surface area contributed by atoms with Crippen LogP contribution in [0.5, 0.6) is 11.5 Å². The number of benzene rings is 3. The molecule has 3 aromatic carbocycles. The van der Waals surface area contributed by atoms with Crippen molar-refractivity contribution in [3.63, 3.8) is 0 Å². The van der Waals surface area contributed by atoms with Gasteiger partial charge in [-0.05, 0) is 74.9 Å². The summed E-state index contributed by atoms with van der Waals surface area (Å²) in [7, 11) is -1.05. The highest BCUT2D eigenvalue weighted by molar-refractivity contribution is 7.92. The third kappa shape index (κ3) is 7.51. The lowest BCUT2D eigenvalue weighted by atomic mass is 10.1. The quantitative estimate of drug-likeness (QED) is 0.365. The molecule has 208 valence electrons. The van der Waals surface area contributed by atoms with Gasteiger partial charge in [0.25, 0.3) is 10.0 Å². The first-order chi connectivity index (χ1) is 18.6. The van der Waals surface area contributed by atoms with Crippen LogP contribution in [-0.4, -0.2) is 58.0 Å². The molecule has 1 unspecified atom stereocenters. The molecule has 0 saturated heterocycles. The van der Waals surface area contributed by atoms with Crippen LogP contribution >= 0.6 is 0 Å². The van der Waals surface area contributed by atoms with Crippen LogP contribution in [0.25, 0.3) is 0 Å². The molecule has 1 N–H and O–H groups in total. The van der Waals surface area contributed by atoms with Gasteiger partial charge in [-0.25, -0.2) is 8.42 Å². The molecule has 3 aromatic rings. The summed E-state index contributed by atoms with van der Waals surface area (Å²) in [6, 6.07) is 20.5. The van der Waals surface area contributed by atoms with Gasteiger partial charge in [-0.2, -0.15) is 0 Å². The average molecular weight is 554 g/mol. The van der Waals surface area contributed by atoms with E-state index in [1.54, 1.807) is 80.8 Å². The highest BCUT2D eigenvalue weighted by Gasteiger charge is 2.32. The van der Waals surface area contributed by atoms with Crippen molar-refractivity contribution >= 4 is 27.5 Å². The summed E-state index contributed by atoms with van der Waals surface area (Å²) in [4.78, 5) is 28.3. The maximum atomic E-state index is 13.9. The molecule has 10 heteroatoms. The molecule has 9 nitrogen and oxygen atoms in total. The molecule has 0 heterocycles. The maximum absolute atomic E-state index is 13.9. The molecule has 0 fully saturated rings. The molecular weight excluding hydrogens is 518 g/mol. The van der Waals surface area contributed by atoms with Crippen LogP contribution in [0.2, 0.25) is 0 Å². The highest BCUT2D eigenvalue weighted by Crippen LogP contribution is 2.26. The van der Waals surface area contributed by atoms with E-state index in [0.29, 0.717) is 11.5 Å². The molecule has 0 aliphatic rings.